The fourth-order valence-corrected chi connectivity index (χ4v) is 2.69. The van der Waals surface area contributed by atoms with Gasteiger partial charge in [0.05, 0.1) is 12.3 Å². The van der Waals surface area contributed by atoms with Crippen LogP contribution in [0.2, 0.25) is 0 Å². The summed E-state index contributed by atoms with van der Waals surface area (Å²) in [5.74, 6) is 0.605. The van der Waals surface area contributed by atoms with Gasteiger partial charge in [-0.3, -0.25) is 4.79 Å². The number of nitrogens with one attached hydrogen (secondary N) is 1. The van der Waals surface area contributed by atoms with Gasteiger partial charge >= 0.3 is 0 Å². The van der Waals surface area contributed by atoms with E-state index in [0.29, 0.717) is 17.1 Å². The molecule has 0 atom stereocenters. The zero-order valence-corrected chi connectivity index (χ0v) is 12.1. The SMILES string of the molecule is CN(C)C(=O)CNS(=O)(=O)Cc1ccc2c(c1)OCO2. The van der Waals surface area contributed by atoms with Crippen LogP contribution in [-0.2, 0) is 20.6 Å². The largest absolute Gasteiger partial charge is 0.454 e. The summed E-state index contributed by atoms with van der Waals surface area (Å²) < 4.78 is 36.3. The Bertz CT molecular complexity index is 612. The van der Waals surface area contributed by atoms with E-state index >= 15 is 0 Å². The Hall–Kier alpha value is -1.80. The summed E-state index contributed by atoms with van der Waals surface area (Å²) in [4.78, 5) is 12.7. The lowest BCUT2D eigenvalue weighted by Gasteiger charge is -2.11. The summed E-state index contributed by atoms with van der Waals surface area (Å²) in [5, 5.41) is 0. The fraction of sp³-hybridized carbons (Fsp3) is 0.417. The quantitative estimate of drug-likeness (QED) is 0.822. The Morgan fingerprint density at radius 2 is 2.00 bits per heavy atom. The van der Waals surface area contributed by atoms with Gasteiger partial charge in [0.25, 0.3) is 0 Å². The van der Waals surface area contributed by atoms with E-state index in [4.69, 9.17) is 9.47 Å². The fourth-order valence-electron chi connectivity index (χ4n) is 1.63. The number of likely N-dealkylation sites (N-methyl/N-ethyl adjacent to an activating group) is 1. The third kappa shape index (κ3) is 3.61. The number of amides is 1. The zero-order valence-electron chi connectivity index (χ0n) is 11.3. The first-order valence-electron chi connectivity index (χ1n) is 5.93. The molecule has 0 unspecified atom stereocenters. The Morgan fingerprint density at radius 3 is 2.70 bits per heavy atom. The molecule has 0 fully saturated rings. The summed E-state index contributed by atoms with van der Waals surface area (Å²) in [7, 11) is -0.447. The number of ether oxygens (including phenoxy) is 2. The van der Waals surface area contributed by atoms with E-state index in [1.807, 2.05) is 0 Å². The van der Waals surface area contributed by atoms with Gasteiger partial charge in [0.15, 0.2) is 11.5 Å². The zero-order chi connectivity index (χ0) is 14.8. The number of benzene rings is 1. The van der Waals surface area contributed by atoms with E-state index in [1.165, 1.54) is 4.90 Å². The Labute approximate surface area is 117 Å². The molecule has 0 saturated heterocycles. The lowest BCUT2D eigenvalue weighted by Crippen LogP contribution is -2.36. The first-order valence-corrected chi connectivity index (χ1v) is 7.58. The molecule has 110 valence electrons. The van der Waals surface area contributed by atoms with E-state index < -0.39 is 10.0 Å². The molecule has 1 aromatic rings. The van der Waals surface area contributed by atoms with Crippen molar-refractivity contribution < 1.29 is 22.7 Å². The third-order valence-electron chi connectivity index (χ3n) is 2.74. The summed E-state index contributed by atoms with van der Waals surface area (Å²) in [5.41, 5.74) is 0.569. The maximum atomic E-state index is 11.9. The smallest absolute Gasteiger partial charge is 0.237 e. The predicted octanol–water partition coefficient (Wildman–Crippen LogP) is -0.0771. The molecule has 1 heterocycles. The highest BCUT2D eigenvalue weighted by Crippen LogP contribution is 2.32. The summed E-state index contributed by atoms with van der Waals surface area (Å²) in [6, 6.07) is 4.94. The van der Waals surface area contributed by atoms with Crippen LogP contribution in [0, 0.1) is 0 Å². The number of hydrogen-bond donors (Lipinski definition) is 1. The summed E-state index contributed by atoms with van der Waals surface area (Å²) in [6.07, 6.45) is 0. The first-order chi connectivity index (χ1) is 9.37. The number of carbonyl (C=O) groups excluding carboxylic acids is 1. The molecular weight excluding hydrogens is 284 g/mol. The van der Waals surface area contributed by atoms with Crippen LogP contribution in [0.3, 0.4) is 0 Å². The molecule has 0 aliphatic carbocycles. The van der Waals surface area contributed by atoms with Crippen LogP contribution in [0.25, 0.3) is 0 Å². The van der Waals surface area contributed by atoms with Gasteiger partial charge in [-0.05, 0) is 17.7 Å². The summed E-state index contributed by atoms with van der Waals surface area (Å²) in [6.45, 7) is -0.110. The second-order valence-electron chi connectivity index (χ2n) is 4.56. The monoisotopic (exact) mass is 300 g/mol. The van der Waals surface area contributed by atoms with Crippen LogP contribution in [0.1, 0.15) is 5.56 Å². The lowest BCUT2D eigenvalue weighted by atomic mass is 10.2. The Kier molecular flexibility index (Phi) is 4.15. The summed E-state index contributed by atoms with van der Waals surface area (Å²) >= 11 is 0. The average molecular weight is 300 g/mol. The Morgan fingerprint density at radius 1 is 1.30 bits per heavy atom. The molecule has 7 nitrogen and oxygen atoms in total. The molecule has 0 bridgehead atoms. The molecule has 0 spiro atoms. The van der Waals surface area contributed by atoms with Crippen molar-refractivity contribution in [3.8, 4) is 11.5 Å². The van der Waals surface area contributed by atoms with Crippen molar-refractivity contribution in [2.45, 2.75) is 5.75 Å². The minimum Gasteiger partial charge on any atom is -0.454 e. The third-order valence-corrected chi connectivity index (χ3v) is 4.03. The number of carbonyl (C=O) groups is 1. The van der Waals surface area contributed by atoms with Gasteiger partial charge in [0.2, 0.25) is 22.7 Å². The maximum absolute atomic E-state index is 11.9. The molecule has 8 heteroatoms. The van der Waals surface area contributed by atoms with Crippen molar-refractivity contribution in [3.63, 3.8) is 0 Å². The van der Waals surface area contributed by atoms with Crippen molar-refractivity contribution in [1.82, 2.24) is 9.62 Å². The number of hydrogen-bond acceptors (Lipinski definition) is 5. The second kappa shape index (κ2) is 5.68. The normalized spacial score (nSPS) is 13.3. The van der Waals surface area contributed by atoms with Gasteiger partial charge in [-0.15, -0.1) is 0 Å². The standard InChI is InChI=1S/C12H16N2O5S/c1-14(2)12(15)6-13-20(16,17)7-9-3-4-10-11(5-9)19-8-18-10/h3-5,13H,6-8H2,1-2H3. The number of rotatable bonds is 5. The van der Waals surface area contributed by atoms with Crippen LogP contribution >= 0.6 is 0 Å². The molecule has 0 aromatic heterocycles. The van der Waals surface area contributed by atoms with Crippen molar-refractivity contribution in [2.75, 3.05) is 27.4 Å². The van der Waals surface area contributed by atoms with Gasteiger partial charge in [-0.25, -0.2) is 13.1 Å². The lowest BCUT2D eigenvalue weighted by molar-refractivity contribution is -0.127. The molecule has 2 rings (SSSR count). The van der Waals surface area contributed by atoms with Gasteiger partial charge in [-0.1, -0.05) is 6.07 Å². The Balaban J connectivity index is 1.99. The van der Waals surface area contributed by atoms with E-state index in [-0.39, 0.29) is 25.0 Å². The average Bonchev–Trinajstić information content (AvgIpc) is 2.82. The number of fused-ring (bicyclic) bond motifs is 1. The first kappa shape index (κ1) is 14.6. The van der Waals surface area contributed by atoms with Crippen LogP contribution in [-0.4, -0.2) is 46.7 Å². The highest BCUT2D eigenvalue weighted by Gasteiger charge is 2.18. The molecule has 20 heavy (non-hydrogen) atoms. The number of nitrogens with zero attached hydrogens (tertiary/aromatic N) is 1. The molecule has 1 amide bonds. The minimum atomic E-state index is -3.57. The van der Waals surface area contributed by atoms with Crippen molar-refractivity contribution in [1.29, 1.82) is 0 Å². The highest BCUT2D eigenvalue weighted by molar-refractivity contribution is 7.88. The molecule has 1 aliphatic heterocycles. The molecule has 1 N–H and O–H groups in total. The van der Waals surface area contributed by atoms with Gasteiger partial charge < -0.3 is 14.4 Å². The molecule has 0 saturated carbocycles. The minimum absolute atomic E-state index is 0.140. The maximum Gasteiger partial charge on any atom is 0.237 e. The van der Waals surface area contributed by atoms with Crippen LogP contribution < -0.4 is 14.2 Å². The van der Waals surface area contributed by atoms with Crippen molar-refractivity contribution >= 4 is 15.9 Å². The van der Waals surface area contributed by atoms with Crippen LogP contribution in [0.4, 0.5) is 0 Å². The van der Waals surface area contributed by atoms with Crippen molar-refractivity contribution in [2.24, 2.45) is 0 Å². The molecule has 1 aromatic carbocycles. The van der Waals surface area contributed by atoms with Crippen molar-refractivity contribution in [3.05, 3.63) is 23.8 Å². The molecular formula is C12H16N2O5S. The van der Waals surface area contributed by atoms with Crippen LogP contribution in [0.5, 0.6) is 11.5 Å². The van der Waals surface area contributed by atoms with E-state index in [0.717, 1.165) is 0 Å². The topological polar surface area (TPSA) is 84.9 Å². The van der Waals surface area contributed by atoms with Gasteiger partial charge in [-0.2, -0.15) is 0 Å². The van der Waals surface area contributed by atoms with E-state index in [2.05, 4.69) is 4.72 Å². The van der Waals surface area contributed by atoms with E-state index in [1.54, 1.807) is 32.3 Å². The molecule has 1 aliphatic rings. The second-order valence-corrected chi connectivity index (χ2v) is 6.36. The molecule has 0 radical (unpaired) electrons. The van der Waals surface area contributed by atoms with Crippen LogP contribution in [0.15, 0.2) is 18.2 Å². The van der Waals surface area contributed by atoms with Gasteiger partial charge in [0, 0.05) is 14.1 Å². The van der Waals surface area contributed by atoms with Gasteiger partial charge in [0.1, 0.15) is 0 Å². The highest BCUT2D eigenvalue weighted by atomic mass is 32.2. The predicted molar refractivity (Wildman–Crippen MR) is 71.9 cm³/mol. The van der Waals surface area contributed by atoms with E-state index in [9.17, 15) is 13.2 Å². The number of sulfonamides is 1.